The number of nitrogens with zero attached hydrogens (tertiary/aromatic N) is 1. The molecule has 2 rings (SSSR count). The Morgan fingerprint density at radius 3 is 2.73 bits per heavy atom. The van der Waals surface area contributed by atoms with Crippen molar-refractivity contribution in [2.45, 2.75) is 31.7 Å². The highest BCUT2D eigenvalue weighted by Gasteiger charge is 2.34. The van der Waals surface area contributed by atoms with Crippen LogP contribution in [-0.2, 0) is 21.2 Å². The van der Waals surface area contributed by atoms with E-state index in [1.807, 2.05) is 18.2 Å². The Kier molecular flexibility index (Phi) is 5.83. The molecule has 1 amide bonds. The van der Waals surface area contributed by atoms with Gasteiger partial charge >= 0.3 is 0 Å². The number of halogens is 1. The van der Waals surface area contributed by atoms with Crippen LogP contribution >= 0.6 is 11.6 Å². The standard InChI is InChI=1S/C15H21ClN2O3S/c1-22(20,21)18(14-5-6-14)10-8-15(19)17-9-7-12-3-2-4-13(16)11-12/h2-4,11,14H,5-10H2,1H3,(H,17,19). The molecule has 1 saturated carbocycles. The molecular weight excluding hydrogens is 324 g/mol. The molecule has 1 fully saturated rings. The van der Waals surface area contributed by atoms with E-state index in [9.17, 15) is 13.2 Å². The summed E-state index contributed by atoms with van der Waals surface area (Å²) < 4.78 is 24.7. The van der Waals surface area contributed by atoms with Crippen LogP contribution in [-0.4, -0.2) is 44.0 Å². The number of carbonyl (C=O) groups is 1. The maximum Gasteiger partial charge on any atom is 0.221 e. The number of nitrogens with one attached hydrogen (secondary N) is 1. The highest BCUT2D eigenvalue weighted by molar-refractivity contribution is 7.88. The van der Waals surface area contributed by atoms with Gasteiger partial charge in [-0.05, 0) is 37.0 Å². The molecule has 0 heterocycles. The lowest BCUT2D eigenvalue weighted by Crippen LogP contribution is -2.36. The van der Waals surface area contributed by atoms with Gasteiger partial charge in [-0.1, -0.05) is 23.7 Å². The van der Waals surface area contributed by atoms with Gasteiger partial charge in [0, 0.05) is 30.6 Å². The van der Waals surface area contributed by atoms with Gasteiger partial charge in [-0.3, -0.25) is 4.79 Å². The second-order valence-corrected chi connectivity index (χ2v) is 7.96. The number of sulfonamides is 1. The van der Waals surface area contributed by atoms with Crippen LogP contribution in [0.1, 0.15) is 24.8 Å². The largest absolute Gasteiger partial charge is 0.356 e. The molecule has 0 aliphatic heterocycles. The normalized spacial score (nSPS) is 15.0. The number of hydrogen-bond donors (Lipinski definition) is 1. The van der Waals surface area contributed by atoms with Crippen molar-refractivity contribution in [2.24, 2.45) is 0 Å². The van der Waals surface area contributed by atoms with Gasteiger partial charge in [0.05, 0.1) is 6.26 Å². The molecule has 1 aliphatic carbocycles. The molecular formula is C15H21ClN2O3S. The quantitative estimate of drug-likeness (QED) is 0.782. The van der Waals surface area contributed by atoms with Gasteiger partial charge in [0.1, 0.15) is 0 Å². The number of hydrogen-bond acceptors (Lipinski definition) is 3. The molecule has 5 nitrogen and oxygen atoms in total. The molecule has 1 aromatic rings. The monoisotopic (exact) mass is 344 g/mol. The Morgan fingerprint density at radius 2 is 2.14 bits per heavy atom. The maximum atomic E-state index is 11.8. The summed E-state index contributed by atoms with van der Waals surface area (Å²) in [4.78, 5) is 11.8. The second kappa shape index (κ2) is 7.44. The number of carbonyl (C=O) groups excluding carboxylic acids is 1. The van der Waals surface area contributed by atoms with E-state index in [1.165, 1.54) is 10.6 Å². The summed E-state index contributed by atoms with van der Waals surface area (Å²) in [6, 6.07) is 7.60. The van der Waals surface area contributed by atoms with Crippen molar-refractivity contribution < 1.29 is 13.2 Å². The van der Waals surface area contributed by atoms with Crippen LogP contribution < -0.4 is 5.32 Å². The fraction of sp³-hybridized carbons (Fsp3) is 0.533. The van der Waals surface area contributed by atoms with Gasteiger partial charge in [0.15, 0.2) is 0 Å². The molecule has 0 bridgehead atoms. The van der Waals surface area contributed by atoms with Gasteiger partial charge in [-0.15, -0.1) is 0 Å². The van der Waals surface area contributed by atoms with Crippen LogP contribution in [0, 0.1) is 0 Å². The predicted molar refractivity (Wildman–Crippen MR) is 87.4 cm³/mol. The first-order valence-electron chi connectivity index (χ1n) is 7.34. The lowest BCUT2D eigenvalue weighted by atomic mass is 10.1. The minimum Gasteiger partial charge on any atom is -0.356 e. The maximum absolute atomic E-state index is 11.8. The highest BCUT2D eigenvalue weighted by atomic mass is 35.5. The van der Waals surface area contributed by atoms with E-state index in [1.54, 1.807) is 6.07 Å². The SMILES string of the molecule is CS(=O)(=O)N(CCC(=O)NCCc1cccc(Cl)c1)C1CC1. The summed E-state index contributed by atoms with van der Waals surface area (Å²) in [6.45, 7) is 0.772. The smallest absolute Gasteiger partial charge is 0.221 e. The second-order valence-electron chi connectivity index (χ2n) is 5.58. The Morgan fingerprint density at radius 1 is 1.41 bits per heavy atom. The van der Waals surface area contributed by atoms with Crippen molar-refractivity contribution in [3.05, 3.63) is 34.9 Å². The lowest BCUT2D eigenvalue weighted by Gasteiger charge is -2.18. The van der Waals surface area contributed by atoms with Gasteiger partial charge in [-0.2, -0.15) is 4.31 Å². The van der Waals surface area contributed by atoms with Crippen molar-refractivity contribution in [3.63, 3.8) is 0 Å². The van der Waals surface area contributed by atoms with E-state index in [0.717, 1.165) is 18.4 Å². The zero-order chi connectivity index (χ0) is 16.2. The summed E-state index contributed by atoms with van der Waals surface area (Å²) in [7, 11) is -3.23. The van der Waals surface area contributed by atoms with Crippen molar-refractivity contribution >= 4 is 27.5 Å². The zero-order valence-corrected chi connectivity index (χ0v) is 14.2. The van der Waals surface area contributed by atoms with E-state index in [4.69, 9.17) is 11.6 Å². The molecule has 0 radical (unpaired) electrons. The molecule has 0 spiro atoms. The van der Waals surface area contributed by atoms with E-state index in [-0.39, 0.29) is 24.9 Å². The van der Waals surface area contributed by atoms with Crippen LogP contribution in [0.2, 0.25) is 5.02 Å². The molecule has 0 aromatic heterocycles. The van der Waals surface area contributed by atoms with E-state index >= 15 is 0 Å². The number of amides is 1. The van der Waals surface area contributed by atoms with Crippen molar-refractivity contribution in [1.82, 2.24) is 9.62 Å². The Labute approximate surface area is 136 Å². The minimum absolute atomic E-state index is 0.0919. The summed E-state index contributed by atoms with van der Waals surface area (Å²) in [6.07, 6.45) is 3.87. The average Bonchev–Trinajstić information content (AvgIpc) is 3.22. The van der Waals surface area contributed by atoms with Gasteiger partial charge in [0.2, 0.25) is 15.9 Å². The summed E-state index contributed by atoms with van der Waals surface area (Å²) in [5.41, 5.74) is 1.06. The lowest BCUT2D eigenvalue weighted by molar-refractivity contribution is -0.121. The van der Waals surface area contributed by atoms with E-state index < -0.39 is 10.0 Å². The summed E-state index contributed by atoms with van der Waals surface area (Å²) >= 11 is 5.90. The van der Waals surface area contributed by atoms with Crippen LogP contribution in [0.5, 0.6) is 0 Å². The highest BCUT2D eigenvalue weighted by Crippen LogP contribution is 2.28. The first-order valence-corrected chi connectivity index (χ1v) is 9.57. The number of rotatable bonds is 8. The van der Waals surface area contributed by atoms with Crippen molar-refractivity contribution in [3.8, 4) is 0 Å². The molecule has 7 heteroatoms. The minimum atomic E-state index is -3.23. The van der Waals surface area contributed by atoms with Gasteiger partial charge in [-0.25, -0.2) is 8.42 Å². The summed E-state index contributed by atoms with van der Waals surface area (Å²) in [5, 5.41) is 3.49. The fourth-order valence-corrected chi connectivity index (χ4v) is 3.71. The van der Waals surface area contributed by atoms with Crippen LogP contribution in [0.4, 0.5) is 0 Å². The van der Waals surface area contributed by atoms with E-state index in [2.05, 4.69) is 5.32 Å². The van der Waals surface area contributed by atoms with Crippen LogP contribution in [0.25, 0.3) is 0 Å². The van der Waals surface area contributed by atoms with Gasteiger partial charge in [0.25, 0.3) is 0 Å². The molecule has 1 aromatic carbocycles. The first kappa shape index (κ1) is 17.2. The molecule has 1 N–H and O–H groups in total. The zero-order valence-electron chi connectivity index (χ0n) is 12.6. The number of benzene rings is 1. The topological polar surface area (TPSA) is 66.5 Å². The molecule has 0 unspecified atom stereocenters. The molecule has 122 valence electrons. The van der Waals surface area contributed by atoms with Gasteiger partial charge < -0.3 is 5.32 Å². The average molecular weight is 345 g/mol. The third kappa shape index (κ3) is 5.59. The molecule has 22 heavy (non-hydrogen) atoms. The predicted octanol–water partition coefficient (Wildman–Crippen LogP) is 1.81. The molecule has 0 saturated heterocycles. The third-order valence-electron chi connectivity index (χ3n) is 3.56. The first-order chi connectivity index (χ1) is 10.4. The Bertz CT molecular complexity index is 629. The van der Waals surface area contributed by atoms with Crippen molar-refractivity contribution in [1.29, 1.82) is 0 Å². The molecule has 1 aliphatic rings. The summed E-state index contributed by atoms with van der Waals surface area (Å²) in [5.74, 6) is -0.128. The fourth-order valence-electron chi connectivity index (χ4n) is 2.32. The van der Waals surface area contributed by atoms with Crippen LogP contribution in [0.3, 0.4) is 0 Å². The van der Waals surface area contributed by atoms with Crippen molar-refractivity contribution in [2.75, 3.05) is 19.3 Å². The van der Waals surface area contributed by atoms with E-state index in [0.29, 0.717) is 18.0 Å². The molecule has 0 atom stereocenters. The Balaban J connectivity index is 1.71. The third-order valence-corrected chi connectivity index (χ3v) is 5.13. The Hall–Kier alpha value is -1.11. The van der Waals surface area contributed by atoms with Crippen LogP contribution in [0.15, 0.2) is 24.3 Å².